The molecule has 0 aliphatic carbocycles. The van der Waals surface area contributed by atoms with Crippen LogP contribution in [0.25, 0.3) is 44.0 Å². The van der Waals surface area contributed by atoms with Crippen molar-refractivity contribution in [2.45, 2.75) is 39.2 Å². The fraction of sp³-hybridized carbons (Fsp3) is 0.207. The highest BCUT2D eigenvalue weighted by Gasteiger charge is 2.19. The molecule has 0 bridgehead atoms. The summed E-state index contributed by atoms with van der Waals surface area (Å²) in [6.07, 6.45) is 1.45. The molecule has 0 saturated carbocycles. The number of rotatable bonds is 4. The summed E-state index contributed by atoms with van der Waals surface area (Å²) >= 11 is 0. The third-order valence-electron chi connectivity index (χ3n) is 6.35. The first-order valence-electron chi connectivity index (χ1n) is 11.3. The maximum absolute atomic E-state index is 10.2. The number of hydrogen-bond donors (Lipinski definition) is 2. The van der Waals surface area contributed by atoms with Crippen LogP contribution in [0, 0.1) is 29.6 Å². The van der Waals surface area contributed by atoms with E-state index < -0.39 is 5.60 Å². The Morgan fingerprint density at radius 3 is 2.26 bits per heavy atom. The van der Waals surface area contributed by atoms with E-state index in [1.54, 1.807) is 18.2 Å². The van der Waals surface area contributed by atoms with Crippen LogP contribution in [0.4, 0.5) is 0 Å². The molecular formula is C29H24N4O. The van der Waals surface area contributed by atoms with Gasteiger partial charge in [-0.15, -0.1) is 0 Å². The van der Waals surface area contributed by atoms with E-state index >= 15 is 0 Å². The molecule has 0 radical (unpaired) electrons. The number of nitrogens with one attached hydrogen (secondary N) is 1. The zero-order chi connectivity index (χ0) is 24.0. The number of hydrogen-bond acceptors (Lipinski definition) is 4. The number of aryl methyl sites for hydroxylation is 2. The van der Waals surface area contributed by atoms with E-state index in [-0.39, 0.29) is 0 Å². The maximum Gasteiger partial charge on any atom is 0.141 e. The average molecular weight is 445 g/mol. The standard InChI is InChI=1S/C29H24N4O/c1-17-7-9-21-23(13-17)24-14-18(11-12-29(2,3)34)8-10-22(24)27-26(21)32-28(33-27)25-19(15-30)5-4-6-20(25)16-31/h4-10,13-14,34H,11-12H2,1-3H3,(H,32,33). The fourth-order valence-corrected chi connectivity index (χ4v) is 4.60. The smallest absolute Gasteiger partial charge is 0.141 e. The van der Waals surface area contributed by atoms with Gasteiger partial charge in [0.2, 0.25) is 0 Å². The van der Waals surface area contributed by atoms with Crippen molar-refractivity contribution >= 4 is 32.6 Å². The lowest BCUT2D eigenvalue weighted by atomic mass is 9.94. The molecule has 0 amide bonds. The lowest BCUT2D eigenvalue weighted by Crippen LogP contribution is -2.19. The summed E-state index contributed by atoms with van der Waals surface area (Å²) in [7, 11) is 0. The first-order valence-corrected chi connectivity index (χ1v) is 11.3. The Morgan fingerprint density at radius 1 is 0.912 bits per heavy atom. The van der Waals surface area contributed by atoms with Crippen LogP contribution >= 0.6 is 0 Å². The van der Waals surface area contributed by atoms with Crippen molar-refractivity contribution in [3.63, 3.8) is 0 Å². The second kappa shape index (κ2) is 7.99. The fourth-order valence-electron chi connectivity index (χ4n) is 4.60. The molecule has 1 heterocycles. The number of aromatic amines is 1. The van der Waals surface area contributed by atoms with Crippen molar-refractivity contribution in [2.75, 3.05) is 0 Å². The zero-order valence-corrected chi connectivity index (χ0v) is 19.4. The molecule has 5 heteroatoms. The van der Waals surface area contributed by atoms with Crippen LogP contribution in [-0.2, 0) is 6.42 Å². The highest BCUT2D eigenvalue weighted by molar-refractivity contribution is 6.23. The number of nitrogens with zero attached hydrogens (tertiary/aromatic N) is 3. The largest absolute Gasteiger partial charge is 0.390 e. The predicted molar refractivity (Wildman–Crippen MR) is 135 cm³/mol. The topological polar surface area (TPSA) is 96.5 Å². The average Bonchev–Trinajstić information content (AvgIpc) is 3.26. The van der Waals surface area contributed by atoms with Crippen molar-refractivity contribution in [2.24, 2.45) is 0 Å². The predicted octanol–water partition coefficient (Wildman–Crippen LogP) is 6.29. The van der Waals surface area contributed by atoms with Gasteiger partial charge in [0.25, 0.3) is 0 Å². The first-order chi connectivity index (χ1) is 16.3. The molecule has 0 saturated heterocycles. The number of benzene rings is 4. The number of imidazole rings is 1. The van der Waals surface area contributed by atoms with Gasteiger partial charge in [-0.05, 0) is 62.1 Å². The number of H-pyrrole nitrogens is 1. The van der Waals surface area contributed by atoms with Crippen LogP contribution in [0.1, 0.15) is 42.5 Å². The second-order valence-corrected chi connectivity index (χ2v) is 9.50. The van der Waals surface area contributed by atoms with E-state index in [0.717, 1.165) is 50.1 Å². The summed E-state index contributed by atoms with van der Waals surface area (Å²) in [6, 6.07) is 22.3. The van der Waals surface area contributed by atoms with Gasteiger partial charge in [0, 0.05) is 10.8 Å². The monoisotopic (exact) mass is 444 g/mol. The number of fused-ring (bicyclic) bond motifs is 6. The van der Waals surface area contributed by atoms with Gasteiger partial charge in [-0.2, -0.15) is 10.5 Å². The summed E-state index contributed by atoms with van der Waals surface area (Å²) < 4.78 is 0. The Bertz CT molecular complexity index is 1640. The Morgan fingerprint density at radius 2 is 1.59 bits per heavy atom. The van der Waals surface area contributed by atoms with Crippen LogP contribution in [0.2, 0.25) is 0 Å². The summed E-state index contributed by atoms with van der Waals surface area (Å²) in [5.74, 6) is 0.518. The van der Waals surface area contributed by atoms with Crippen LogP contribution in [0.3, 0.4) is 0 Å². The van der Waals surface area contributed by atoms with Gasteiger partial charge in [0.05, 0.1) is 45.5 Å². The molecule has 5 rings (SSSR count). The first kappa shape index (κ1) is 21.6. The van der Waals surface area contributed by atoms with Crippen molar-refractivity contribution in [3.05, 3.63) is 76.9 Å². The van der Waals surface area contributed by atoms with Crippen molar-refractivity contribution in [1.29, 1.82) is 10.5 Å². The van der Waals surface area contributed by atoms with Gasteiger partial charge < -0.3 is 10.1 Å². The molecule has 0 aliphatic heterocycles. The Kier molecular flexibility index (Phi) is 5.09. The van der Waals surface area contributed by atoms with Gasteiger partial charge in [0.15, 0.2) is 0 Å². The lowest BCUT2D eigenvalue weighted by molar-refractivity contribution is 0.0714. The Hall–Kier alpha value is -4.19. The minimum Gasteiger partial charge on any atom is -0.390 e. The maximum atomic E-state index is 10.2. The molecular weight excluding hydrogens is 420 g/mol. The summed E-state index contributed by atoms with van der Waals surface area (Å²) in [5.41, 5.74) is 4.66. The molecule has 0 aliphatic rings. The third-order valence-corrected chi connectivity index (χ3v) is 6.35. The quantitative estimate of drug-likeness (QED) is 0.318. The molecule has 5 aromatic rings. The molecule has 1 aromatic heterocycles. The molecule has 5 nitrogen and oxygen atoms in total. The number of aliphatic hydroxyl groups is 1. The molecule has 0 atom stereocenters. The normalized spacial score (nSPS) is 11.7. The molecule has 2 N–H and O–H groups in total. The van der Waals surface area contributed by atoms with Gasteiger partial charge >= 0.3 is 0 Å². The van der Waals surface area contributed by atoms with E-state index in [1.165, 1.54) is 0 Å². The van der Waals surface area contributed by atoms with Crippen LogP contribution in [0.5, 0.6) is 0 Å². The molecule has 166 valence electrons. The summed E-state index contributed by atoms with van der Waals surface area (Å²) in [6.45, 7) is 5.74. The van der Waals surface area contributed by atoms with E-state index in [1.807, 2.05) is 13.8 Å². The highest BCUT2D eigenvalue weighted by Crippen LogP contribution is 2.37. The van der Waals surface area contributed by atoms with Gasteiger partial charge in [-0.3, -0.25) is 0 Å². The van der Waals surface area contributed by atoms with E-state index in [9.17, 15) is 15.6 Å². The summed E-state index contributed by atoms with van der Waals surface area (Å²) in [5, 5.41) is 33.8. The van der Waals surface area contributed by atoms with Crippen molar-refractivity contribution in [1.82, 2.24) is 9.97 Å². The van der Waals surface area contributed by atoms with E-state index in [4.69, 9.17) is 4.98 Å². The highest BCUT2D eigenvalue weighted by atomic mass is 16.3. The molecule has 0 unspecified atom stereocenters. The van der Waals surface area contributed by atoms with Crippen LogP contribution in [0.15, 0.2) is 54.6 Å². The van der Waals surface area contributed by atoms with Gasteiger partial charge in [-0.1, -0.05) is 48.0 Å². The second-order valence-electron chi connectivity index (χ2n) is 9.50. The number of aromatic nitrogens is 2. The SMILES string of the molecule is Cc1ccc2c(c1)c1cc(CCC(C)(C)O)ccc1c1nc(-c3c(C#N)cccc3C#N)[nH]c21. The number of nitriles is 2. The van der Waals surface area contributed by atoms with Crippen molar-refractivity contribution in [3.8, 4) is 23.5 Å². The Balaban J connectivity index is 1.82. The third kappa shape index (κ3) is 3.67. The molecule has 34 heavy (non-hydrogen) atoms. The molecule has 0 spiro atoms. The minimum absolute atomic E-state index is 0.413. The van der Waals surface area contributed by atoms with E-state index in [0.29, 0.717) is 28.9 Å². The van der Waals surface area contributed by atoms with Crippen LogP contribution in [-0.4, -0.2) is 20.7 Å². The van der Waals surface area contributed by atoms with E-state index in [2.05, 4.69) is 60.4 Å². The van der Waals surface area contributed by atoms with Gasteiger partial charge in [0.1, 0.15) is 5.82 Å². The zero-order valence-electron chi connectivity index (χ0n) is 19.4. The van der Waals surface area contributed by atoms with Crippen LogP contribution < -0.4 is 0 Å². The summed E-state index contributed by atoms with van der Waals surface area (Å²) in [4.78, 5) is 8.35. The minimum atomic E-state index is -0.721. The molecule has 4 aromatic carbocycles. The Labute approximate surface area is 197 Å². The molecule has 0 fully saturated rings. The lowest BCUT2D eigenvalue weighted by Gasteiger charge is -2.17. The van der Waals surface area contributed by atoms with Crippen molar-refractivity contribution < 1.29 is 5.11 Å². The van der Waals surface area contributed by atoms with Gasteiger partial charge in [-0.25, -0.2) is 4.98 Å².